The second-order valence-electron chi connectivity index (χ2n) is 4.17. The third-order valence-electron chi connectivity index (χ3n) is 3.02. The van der Waals surface area contributed by atoms with Crippen molar-refractivity contribution in [2.75, 3.05) is 26.2 Å². The molecule has 0 aromatic heterocycles. The SMILES string of the molecule is CCN(CCC#N)C(=O)N1CCCCCC1. The van der Waals surface area contributed by atoms with E-state index in [1.807, 2.05) is 11.8 Å². The van der Waals surface area contributed by atoms with Crippen molar-refractivity contribution in [1.29, 1.82) is 5.26 Å². The van der Waals surface area contributed by atoms with Crippen molar-refractivity contribution in [3.8, 4) is 6.07 Å². The van der Waals surface area contributed by atoms with Gasteiger partial charge in [0.15, 0.2) is 0 Å². The average Bonchev–Trinajstić information content (AvgIpc) is 2.58. The molecule has 2 amide bonds. The van der Waals surface area contributed by atoms with E-state index in [0.717, 1.165) is 25.9 Å². The van der Waals surface area contributed by atoms with Gasteiger partial charge in [-0.1, -0.05) is 12.8 Å². The zero-order valence-corrected chi connectivity index (χ0v) is 10.1. The number of carbonyl (C=O) groups excluding carboxylic acids is 1. The minimum absolute atomic E-state index is 0.111. The van der Waals surface area contributed by atoms with Gasteiger partial charge in [-0.2, -0.15) is 5.26 Å². The first-order valence-corrected chi connectivity index (χ1v) is 6.20. The Morgan fingerprint density at radius 2 is 1.94 bits per heavy atom. The number of likely N-dealkylation sites (tertiary alicyclic amines) is 1. The molecule has 1 rings (SSSR count). The maximum Gasteiger partial charge on any atom is 0.320 e. The van der Waals surface area contributed by atoms with Crippen LogP contribution in [0.2, 0.25) is 0 Å². The molecule has 1 aliphatic rings. The van der Waals surface area contributed by atoms with Crippen LogP contribution in [0.1, 0.15) is 39.0 Å². The van der Waals surface area contributed by atoms with Gasteiger partial charge in [-0.3, -0.25) is 0 Å². The molecule has 1 fully saturated rings. The number of nitrogens with zero attached hydrogens (tertiary/aromatic N) is 3. The predicted octanol–water partition coefficient (Wildman–Crippen LogP) is 2.22. The zero-order valence-electron chi connectivity index (χ0n) is 10.1. The minimum Gasteiger partial charge on any atom is -0.325 e. The molecule has 0 spiro atoms. The molecule has 90 valence electrons. The molecular formula is C12H21N3O. The van der Waals surface area contributed by atoms with Gasteiger partial charge >= 0.3 is 6.03 Å². The van der Waals surface area contributed by atoms with Crippen LogP contribution >= 0.6 is 0 Å². The lowest BCUT2D eigenvalue weighted by atomic mass is 10.2. The summed E-state index contributed by atoms with van der Waals surface area (Å²) < 4.78 is 0. The largest absolute Gasteiger partial charge is 0.325 e. The van der Waals surface area contributed by atoms with E-state index >= 15 is 0 Å². The molecule has 0 aromatic carbocycles. The highest BCUT2D eigenvalue weighted by Crippen LogP contribution is 2.11. The van der Waals surface area contributed by atoms with Gasteiger partial charge in [0.1, 0.15) is 0 Å². The molecular weight excluding hydrogens is 202 g/mol. The highest BCUT2D eigenvalue weighted by atomic mass is 16.2. The molecule has 0 saturated carbocycles. The number of urea groups is 1. The Hall–Kier alpha value is -1.24. The first-order valence-electron chi connectivity index (χ1n) is 6.20. The molecule has 1 saturated heterocycles. The van der Waals surface area contributed by atoms with Crippen LogP contribution in [-0.2, 0) is 0 Å². The Morgan fingerprint density at radius 1 is 1.31 bits per heavy atom. The summed E-state index contributed by atoms with van der Waals surface area (Å²) >= 11 is 0. The van der Waals surface area contributed by atoms with Crippen molar-refractivity contribution < 1.29 is 4.79 Å². The summed E-state index contributed by atoms with van der Waals surface area (Å²) in [5.74, 6) is 0. The molecule has 0 aromatic rings. The summed E-state index contributed by atoms with van der Waals surface area (Å²) in [6, 6.07) is 2.20. The number of hydrogen-bond acceptors (Lipinski definition) is 2. The van der Waals surface area contributed by atoms with Crippen LogP contribution in [0.5, 0.6) is 0 Å². The van der Waals surface area contributed by atoms with Crippen molar-refractivity contribution in [2.45, 2.75) is 39.0 Å². The van der Waals surface area contributed by atoms with Crippen molar-refractivity contribution in [2.24, 2.45) is 0 Å². The molecule has 4 nitrogen and oxygen atoms in total. The van der Waals surface area contributed by atoms with Crippen LogP contribution in [0, 0.1) is 11.3 Å². The lowest BCUT2D eigenvalue weighted by Gasteiger charge is -2.28. The van der Waals surface area contributed by atoms with E-state index in [-0.39, 0.29) is 6.03 Å². The van der Waals surface area contributed by atoms with Gasteiger partial charge in [-0.05, 0) is 19.8 Å². The summed E-state index contributed by atoms with van der Waals surface area (Å²) in [6.07, 6.45) is 5.11. The summed E-state index contributed by atoms with van der Waals surface area (Å²) in [7, 11) is 0. The van der Waals surface area contributed by atoms with Crippen LogP contribution < -0.4 is 0 Å². The van der Waals surface area contributed by atoms with Crippen molar-refractivity contribution in [3.05, 3.63) is 0 Å². The monoisotopic (exact) mass is 223 g/mol. The van der Waals surface area contributed by atoms with Gasteiger partial charge in [-0.25, -0.2) is 4.79 Å². The zero-order chi connectivity index (χ0) is 11.8. The second kappa shape index (κ2) is 7.10. The molecule has 0 aliphatic carbocycles. The smallest absolute Gasteiger partial charge is 0.320 e. The molecule has 0 radical (unpaired) electrons. The van der Waals surface area contributed by atoms with Gasteiger partial charge in [0, 0.05) is 26.2 Å². The number of rotatable bonds is 3. The Morgan fingerprint density at radius 3 is 2.44 bits per heavy atom. The van der Waals surface area contributed by atoms with Crippen LogP contribution in [0.25, 0.3) is 0 Å². The second-order valence-corrected chi connectivity index (χ2v) is 4.17. The average molecular weight is 223 g/mol. The third kappa shape index (κ3) is 3.73. The topological polar surface area (TPSA) is 47.3 Å². The van der Waals surface area contributed by atoms with Gasteiger partial charge in [-0.15, -0.1) is 0 Å². The molecule has 0 atom stereocenters. The van der Waals surface area contributed by atoms with Crippen molar-refractivity contribution in [3.63, 3.8) is 0 Å². The number of nitriles is 1. The van der Waals surface area contributed by atoms with Gasteiger partial charge in [0.25, 0.3) is 0 Å². The Balaban J connectivity index is 2.48. The molecule has 1 aliphatic heterocycles. The lowest BCUT2D eigenvalue weighted by molar-refractivity contribution is 0.157. The highest BCUT2D eigenvalue weighted by Gasteiger charge is 2.20. The van der Waals surface area contributed by atoms with Crippen LogP contribution in [0.3, 0.4) is 0 Å². The fraction of sp³-hybridized carbons (Fsp3) is 0.833. The first kappa shape index (κ1) is 12.8. The predicted molar refractivity (Wildman–Crippen MR) is 62.9 cm³/mol. The van der Waals surface area contributed by atoms with E-state index in [4.69, 9.17) is 5.26 Å². The van der Waals surface area contributed by atoms with Crippen LogP contribution in [0.4, 0.5) is 4.79 Å². The summed E-state index contributed by atoms with van der Waals surface area (Å²) in [5.41, 5.74) is 0. The maximum atomic E-state index is 12.1. The van der Waals surface area contributed by atoms with Crippen molar-refractivity contribution in [1.82, 2.24) is 9.80 Å². The van der Waals surface area contributed by atoms with E-state index in [9.17, 15) is 4.79 Å². The van der Waals surface area contributed by atoms with E-state index < -0.39 is 0 Å². The van der Waals surface area contributed by atoms with E-state index in [1.165, 1.54) is 12.8 Å². The lowest BCUT2D eigenvalue weighted by Crippen LogP contribution is -2.43. The fourth-order valence-corrected chi connectivity index (χ4v) is 2.04. The van der Waals surface area contributed by atoms with Gasteiger partial charge in [0.2, 0.25) is 0 Å². The molecule has 0 N–H and O–H groups in total. The van der Waals surface area contributed by atoms with Crippen LogP contribution in [-0.4, -0.2) is 42.0 Å². The Bertz CT molecular complexity index is 251. The van der Waals surface area contributed by atoms with E-state index in [2.05, 4.69) is 6.07 Å². The van der Waals surface area contributed by atoms with Gasteiger partial charge in [0.05, 0.1) is 12.5 Å². The summed E-state index contributed by atoms with van der Waals surface area (Å²) in [6.45, 7) is 4.97. The van der Waals surface area contributed by atoms with Gasteiger partial charge < -0.3 is 9.80 Å². The standard InChI is InChI=1S/C12H21N3O/c1-2-14(11-7-8-13)12(16)15-9-5-3-4-6-10-15/h2-7,9-11H2,1H3. The summed E-state index contributed by atoms with van der Waals surface area (Å²) in [4.78, 5) is 15.8. The third-order valence-corrected chi connectivity index (χ3v) is 3.02. The number of hydrogen-bond donors (Lipinski definition) is 0. The summed E-state index contributed by atoms with van der Waals surface area (Å²) in [5, 5.41) is 8.55. The highest BCUT2D eigenvalue weighted by molar-refractivity contribution is 5.74. The van der Waals surface area contributed by atoms with Crippen LogP contribution in [0.15, 0.2) is 0 Å². The molecule has 1 heterocycles. The maximum absolute atomic E-state index is 12.1. The normalized spacial score (nSPS) is 16.4. The van der Waals surface area contributed by atoms with E-state index in [0.29, 0.717) is 19.5 Å². The quantitative estimate of drug-likeness (QED) is 0.736. The molecule has 0 unspecified atom stereocenters. The Kier molecular flexibility index (Phi) is 5.69. The molecule has 16 heavy (non-hydrogen) atoms. The minimum atomic E-state index is 0.111. The van der Waals surface area contributed by atoms with Crippen molar-refractivity contribution >= 4 is 6.03 Å². The first-order chi connectivity index (χ1) is 7.79. The molecule has 0 bridgehead atoms. The number of amides is 2. The van der Waals surface area contributed by atoms with E-state index in [1.54, 1.807) is 4.90 Å². The molecule has 4 heteroatoms. The fourth-order valence-electron chi connectivity index (χ4n) is 2.04. The Labute approximate surface area is 97.8 Å². The number of carbonyl (C=O) groups is 1.